The number of halogens is 2. The van der Waals surface area contributed by atoms with Crippen molar-refractivity contribution >= 4 is 21.6 Å². The van der Waals surface area contributed by atoms with Gasteiger partial charge in [-0.15, -0.1) is 0 Å². The number of rotatable bonds is 3. The summed E-state index contributed by atoms with van der Waals surface area (Å²) in [6.07, 6.45) is 0. The summed E-state index contributed by atoms with van der Waals surface area (Å²) in [6, 6.07) is 12.8. The fourth-order valence-electron chi connectivity index (χ4n) is 1.66. The highest BCUT2D eigenvalue weighted by atomic mass is 79.9. The Bertz CT molecular complexity index is 525. The molecule has 0 bridgehead atoms. The first-order chi connectivity index (χ1) is 8.16. The Labute approximate surface area is 109 Å². The summed E-state index contributed by atoms with van der Waals surface area (Å²) >= 11 is 3.50. The number of hydrogen-bond acceptors (Lipinski definition) is 1. The van der Waals surface area contributed by atoms with Crippen LogP contribution in [0.1, 0.15) is 11.1 Å². The van der Waals surface area contributed by atoms with Crippen molar-refractivity contribution in [3.05, 3.63) is 63.9 Å². The highest BCUT2D eigenvalue weighted by Crippen LogP contribution is 2.20. The third-order valence-electron chi connectivity index (χ3n) is 2.62. The molecular formula is C14H13BrFN. The van der Waals surface area contributed by atoms with Crippen LogP contribution in [0.25, 0.3) is 0 Å². The van der Waals surface area contributed by atoms with Gasteiger partial charge < -0.3 is 5.32 Å². The monoisotopic (exact) mass is 293 g/mol. The zero-order valence-electron chi connectivity index (χ0n) is 9.50. The molecule has 0 aliphatic heterocycles. The fourth-order valence-corrected chi connectivity index (χ4v) is 2.08. The lowest BCUT2D eigenvalue weighted by Crippen LogP contribution is -2.01. The van der Waals surface area contributed by atoms with E-state index in [0.717, 1.165) is 15.7 Å². The second kappa shape index (κ2) is 5.32. The second-order valence-electron chi connectivity index (χ2n) is 3.90. The van der Waals surface area contributed by atoms with Crippen molar-refractivity contribution in [3.63, 3.8) is 0 Å². The van der Waals surface area contributed by atoms with Crippen LogP contribution in [0.2, 0.25) is 0 Å². The van der Waals surface area contributed by atoms with E-state index in [-0.39, 0.29) is 5.82 Å². The lowest BCUT2D eigenvalue weighted by Gasteiger charge is -2.10. The highest BCUT2D eigenvalue weighted by Gasteiger charge is 2.01. The maximum atomic E-state index is 12.9. The van der Waals surface area contributed by atoms with Gasteiger partial charge in [-0.1, -0.05) is 34.1 Å². The minimum Gasteiger partial charge on any atom is -0.381 e. The molecule has 0 fully saturated rings. The normalized spacial score (nSPS) is 10.3. The number of aryl methyl sites for hydroxylation is 1. The predicted octanol–water partition coefficient (Wildman–Crippen LogP) is 4.51. The summed E-state index contributed by atoms with van der Waals surface area (Å²) in [5.41, 5.74) is 3.05. The van der Waals surface area contributed by atoms with Crippen LogP contribution in [0.4, 0.5) is 10.1 Å². The third kappa shape index (κ3) is 3.07. The second-order valence-corrected chi connectivity index (χ2v) is 4.76. The summed E-state index contributed by atoms with van der Waals surface area (Å²) in [5.74, 6) is -0.200. The first kappa shape index (κ1) is 12.1. The van der Waals surface area contributed by atoms with Gasteiger partial charge in [0.15, 0.2) is 0 Å². The molecule has 0 aliphatic carbocycles. The van der Waals surface area contributed by atoms with Crippen molar-refractivity contribution in [1.29, 1.82) is 0 Å². The van der Waals surface area contributed by atoms with E-state index < -0.39 is 0 Å². The summed E-state index contributed by atoms with van der Waals surface area (Å²) in [5, 5.41) is 3.30. The van der Waals surface area contributed by atoms with Crippen LogP contribution in [-0.4, -0.2) is 0 Å². The van der Waals surface area contributed by atoms with Crippen molar-refractivity contribution in [2.75, 3.05) is 5.32 Å². The van der Waals surface area contributed by atoms with Crippen LogP contribution in [0, 0.1) is 12.7 Å². The predicted molar refractivity (Wildman–Crippen MR) is 72.6 cm³/mol. The SMILES string of the molecule is Cc1cc(F)ccc1NCc1ccccc1Br. The van der Waals surface area contributed by atoms with Crippen LogP contribution < -0.4 is 5.32 Å². The number of hydrogen-bond donors (Lipinski definition) is 1. The molecule has 3 heteroatoms. The zero-order chi connectivity index (χ0) is 12.3. The molecule has 2 rings (SSSR count). The minimum atomic E-state index is -0.200. The average molecular weight is 294 g/mol. The number of benzene rings is 2. The van der Waals surface area contributed by atoms with Gasteiger partial charge in [0.05, 0.1) is 0 Å². The Balaban J connectivity index is 2.10. The standard InChI is InChI=1S/C14H13BrFN/c1-10-8-12(16)6-7-14(10)17-9-11-4-2-3-5-13(11)15/h2-8,17H,9H2,1H3. The van der Waals surface area contributed by atoms with Crippen molar-refractivity contribution < 1.29 is 4.39 Å². The highest BCUT2D eigenvalue weighted by molar-refractivity contribution is 9.10. The van der Waals surface area contributed by atoms with Gasteiger partial charge in [0, 0.05) is 16.7 Å². The Hall–Kier alpha value is -1.35. The minimum absolute atomic E-state index is 0.200. The van der Waals surface area contributed by atoms with Crippen molar-refractivity contribution in [1.82, 2.24) is 0 Å². The smallest absolute Gasteiger partial charge is 0.123 e. The molecule has 0 unspecified atom stereocenters. The van der Waals surface area contributed by atoms with Gasteiger partial charge in [-0.2, -0.15) is 0 Å². The van der Waals surface area contributed by atoms with Crippen molar-refractivity contribution in [3.8, 4) is 0 Å². The van der Waals surface area contributed by atoms with Gasteiger partial charge in [-0.25, -0.2) is 4.39 Å². The Kier molecular flexibility index (Phi) is 3.79. The zero-order valence-corrected chi connectivity index (χ0v) is 11.1. The molecule has 17 heavy (non-hydrogen) atoms. The Morgan fingerprint density at radius 1 is 1.18 bits per heavy atom. The van der Waals surface area contributed by atoms with Crippen LogP contribution in [0.3, 0.4) is 0 Å². The van der Waals surface area contributed by atoms with Gasteiger partial charge in [0.2, 0.25) is 0 Å². The fraction of sp³-hybridized carbons (Fsp3) is 0.143. The molecule has 0 amide bonds. The first-order valence-electron chi connectivity index (χ1n) is 5.40. The topological polar surface area (TPSA) is 12.0 Å². The van der Waals surface area contributed by atoms with Gasteiger partial charge in [0.1, 0.15) is 5.82 Å². The van der Waals surface area contributed by atoms with Crippen molar-refractivity contribution in [2.45, 2.75) is 13.5 Å². The summed E-state index contributed by atoms with van der Waals surface area (Å²) in [6.45, 7) is 2.61. The molecule has 0 heterocycles. The molecule has 0 atom stereocenters. The molecule has 88 valence electrons. The van der Waals surface area contributed by atoms with Crippen LogP contribution >= 0.6 is 15.9 Å². The molecule has 0 saturated heterocycles. The molecule has 1 nitrogen and oxygen atoms in total. The van der Waals surface area contributed by atoms with Crippen LogP contribution in [0.15, 0.2) is 46.9 Å². The van der Waals surface area contributed by atoms with E-state index in [0.29, 0.717) is 6.54 Å². The first-order valence-corrected chi connectivity index (χ1v) is 6.19. The molecule has 0 aliphatic rings. The van der Waals surface area contributed by atoms with Gasteiger partial charge in [-0.3, -0.25) is 0 Å². The molecule has 0 aromatic heterocycles. The summed E-state index contributed by atoms with van der Waals surface area (Å²) in [4.78, 5) is 0. The number of anilines is 1. The quantitative estimate of drug-likeness (QED) is 0.878. The lowest BCUT2D eigenvalue weighted by atomic mass is 10.1. The Morgan fingerprint density at radius 2 is 1.94 bits per heavy atom. The van der Waals surface area contributed by atoms with E-state index in [1.165, 1.54) is 17.7 Å². The molecule has 2 aromatic rings. The van der Waals surface area contributed by atoms with Gasteiger partial charge in [-0.05, 0) is 42.3 Å². The van der Waals surface area contributed by atoms with Crippen LogP contribution in [-0.2, 0) is 6.54 Å². The van der Waals surface area contributed by atoms with E-state index in [1.807, 2.05) is 25.1 Å². The van der Waals surface area contributed by atoms with E-state index in [9.17, 15) is 4.39 Å². The van der Waals surface area contributed by atoms with Gasteiger partial charge in [0.25, 0.3) is 0 Å². The van der Waals surface area contributed by atoms with E-state index in [1.54, 1.807) is 6.07 Å². The third-order valence-corrected chi connectivity index (χ3v) is 3.39. The Morgan fingerprint density at radius 3 is 2.65 bits per heavy atom. The van der Waals surface area contributed by atoms with Crippen molar-refractivity contribution in [2.24, 2.45) is 0 Å². The lowest BCUT2D eigenvalue weighted by molar-refractivity contribution is 0.627. The molecular weight excluding hydrogens is 281 g/mol. The molecule has 2 aromatic carbocycles. The average Bonchev–Trinajstić information content (AvgIpc) is 2.30. The maximum Gasteiger partial charge on any atom is 0.123 e. The summed E-state index contributed by atoms with van der Waals surface area (Å²) < 4.78 is 14.0. The van der Waals surface area contributed by atoms with E-state index in [2.05, 4.69) is 27.3 Å². The largest absolute Gasteiger partial charge is 0.381 e. The van der Waals surface area contributed by atoms with Crippen LogP contribution in [0.5, 0.6) is 0 Å². The molecule has 1 N–H and O–H groups in total. The van der Waals surface area contributed by atoms with Gasteiger partial charge >= 0.3 is 0 Å². The molecule has 0 spiro atoms. The molecule has 0 radical (unpaired) electrons. The maximum absolute atomic E-state index is 12.9. The molecule has 0 saturated carbocycles. The van der Waals surface area contributed by atoms with E-state index in [4.69, 9.17) is 0 Å². The number of nitrogens with one attached hydrogen (secondary N) is 1. The van der Waals surface area contributed by atoms with E-state index >= 15 is 0 Å². The summed E-state index contributed by atoms with van der Waals surface area (Å²) in [7, 11) is 0.